The first-order chi connectivity index (χ1) is 11.7. The van der Waals surface area contributed by atoms with Crippen LogP contribution in [0.5, 0.6) is 0 Å². The fourth-order valence-electron chi connectivity index (χ4n) is 5.00. The second-order valence-electron chi connectivity index (χ2n) is 7.69. The van der Waals surface area contributed by atoms with E-state index in [4.69, 9.17) is 0 Å². The number of aliphatic hydroxyl groups excluding tert-OH is 1. The third-order valence-electron chi connectivity index (χ3n) is 6.28. The molecular formula is C19H27N3O2. The van der Waals surface area contributed by atoms with Crippen LogP contribution >= 0.6 is 0 Å². The highest BCUT2D eigenvalue weighted by atomic mass is 16.3. The molecule has 0 spiro atoms. The molecular weight excluding hydrogens is 302 g/mol. The molecule has 1 N–H and O–H groups in total. The molecule has 1 amide bonds. The summed E-state index contributed by atoms with van der Waals surface area (Å²) in [6.07, 6.45) is 12.2. The molecule has 5 heteroatoms. The lowest BCUT2D eigenvalue weighted by Gasteiger charge is -2.39. The molecule has 24 heavy (non-hydrogen) atoms. The maximum absolute atomic E-state index is 13.2. The summed E-state index contributed by atoms with van der Waals surface area (Å²) < 4.78 is 0. The maximum atomic E-state index is 13.2. The zero-order valence-corrected chi connectivity index (χ0v) is 14.2. The molecule has 2 aliphatic carbocycles. The van der Waals surface area contributed by atoms with Gasteiger partial charge in [-0.05, 0) is 50.5 Å². The molecule has 2 heterocycles. The van der Waals surface area contributed by atoms with E-state index in [1.165, 1.54) is 6.42 Å². The Morgan fingerprint density at radius 1 is 1.17 bits per heavy atom. The van der Waals surface area contributed by atoms with Crippen LogP contribution in [0.25, 0.3) is 0 Å². The largest absolute Gasteiger partial charge is 0.393 e. The number of aryl methyl sites for hydroxylation is 1. The Morgan fingerprint density at radius 3 is 2.92 bits per heavy atom. The number of hydrogen-bond donors (Lipinski definition) is 1. The van der Waals surface area contributed by atoms with Crippen LogP contribution in [0.15, 0.2) is 12.5 Å². The van der Waals surface area contributed by atoms with Gasteiger partial charge in [-0.15, -0.1) is 0 Å². The van der Waals surface area contributed by atoms with Gasteiger partial charge in [-0.1, -0.05) is 12.8 Å². The van der Waals surface area contributed by atoms with Crippen molar-refractivity contribution in [1.29, 1.82) is 0 Å². The summed E-state index contributed by atoms with van der Waals surface area (Å²) in [6, 6.07) is 0.251. The van der Waals surface area contributed by atoms with E-state index in [-0.39, 0.29) is 24.0 Å². The van der Waals surface area contributed by atoms with Crippen LogP contribution in [0.1, 0.15) is 56.2 Å². The quantitative estimate of drug-likeness (QED) is 0.902. The van der Waals surface area contributed by atoms with Gasteiger partial charge in [-0.3, -0.25) is 4.79 Å². The van der Waals surface area contributed by atoms with Crippen molar-refractivity contribution in [2.45, 2.75) is 69.9 Å². The van der Waals surface area contributed by atoms with Gasteiger partial charge in [0.15, 0.2) is 0 Å². The van der Waals surface area contributed by atoms with Crippen LogP contribution in [0.2, 0.25) is 0 Å². The Labute approximate surface area is 143 Å². The predicted molar refractivity (Wildman–Crippen MR) is 90.2 cm³/mol. The Morgan fingerprint density at radius 2 is 2.04 bits per heavy atom. The van der Waals surface area contributed by atoms with Crippen LogP contribution in [0, 0.1) is 11.8 Å². The molecule has 1 aliphatic heterocycles. The van der Waals surface area contributed by atoms with Gasteiger partial charge in [-0.2, -0.15) is 0 Å². The van der Waals surface area contributed by atoms with Crippen LogP contribution in [-0.2, 0) is 17.6 Å². The molecule has 130 valence electrons. The van der Waals surface area contributed by atoms with Crippen molar-refractivity contribution in [3.05, 3.63) is 23.8 Å². The highest BCUT2D eigenvalue weighted by Crippen LogP contribution is 2.36. The fraction of sp³-hybridized carbons (Fsp3) is 0.737. The van der Waals surface area contributed by atoms with Gasteiger partial charge in [0.05, 0.1) is 6.10 Å². The number of nitrogens with zero attached hydrogens (tertiary/aromatic N) is 3. The second-order valence-corrected chi connectivity index (χ2v) is 7.69. The molecule has 5 nitrogen and oxygen atoms in total. The van der Waals surface area contributed by atoms with Gasteiger partial charge in [0.2, 0.25) is 5.91 Å². The van der Waals surface area contributed by atoms with Gasteiger partial charge in [-0.25, -0.2) is 9.97 Å². The van der Waals surface area contributed by atoms with Crippen LogP contribution in [-0.4, -0.2) is 44.6 Å². The third kappa shape index (κ3) is 2.94. The molecule has 4 unspecified atom stereocenters. The molecule has 0 aromatic carbocycles. The number of fused-ring (bicyclic) bond motifs is 1. The SMILES string of the molecule is O=C(C1CCc2ncncc2C1)N1CCCC1C1CCCCC1O. The summed E-state index contributed by atoms with van der Waals surface area (Å²) in [6.45, 7) is 0.862. The van der Waals surface area contributed by atoms with Gasteiger partial charge >= 0.3 is 0 Å². The average molecular weight is 329 g/mol. The lowest BCUT2D eigenvalue weighted by atomic mass is 9.80. The molecule has 3 aliphatic rings. The summed E-state index contributed by atoms with van der Waals surface area (Å²) >= 11 is 0. The molecule has 2 fully saturated rings. The molecule has 1 aromatic heterocycles. The minimum atomic E-state index is -0.224. The Balaban J connectivity index is 1.47. The van der Waals surface area contributed by atoms with E-state index < -0.39 is 0 Å². The van der Waals surface area contributed by atoms with Gasteiger partial charge < -0.3 is 10.0 Å². The van der Waals surface area contributed by atoms with Crippen molar-refractivity contribution in [2.24, 2.45) is 11.8 Å². The molecule has 1 saturated heterocycles. The number of rotatable bonds is 2. The van der Waals surface area contributed by atoms with Crippen LogP contribution in [0.4, 0.5) is 0 Å². The molecule has 0 bridgehead atoms. The third-order valence-corrected chi connectivity index (χ3v) is 6.28. The first kappa shape index (κ1) is 16.0. The van der Waals surface area contributed by atoms with E-state index in [9.17, 15) is 9.90 Å². The first-order valence-corrected chi connectivity index (χ1v) is 9.50. The normalized spacial score (nSPS) is 33.3. The van der Waals surface area contributed by atoms with E-state index in [0.717, 1.165) is 69.2 Å². The molecule has 1 saturated carbocycles. The van der Waals surface area contributed by atoms with Crippen molar-refractivity contribution < 1.29 is 9.90 Å². The predicted octanol–water partition coefficient (Wildman–Crippen LogP) is 2.12. The van der Waals surface area contributed by atoms with Gasteiger partial charge in [0.25, 0.3) is 0 Å². The number of hydrogen-bond acceptors (Lipinski definition) is 4. The average Bonchev–Trinajstić information content (AvgIpc) is 3.10. The summed E-state index contributed by atoms with van der Waals surface area (Å²) in [7, 11) is 0. The first-order valence-electron chi connectivity index (χ1n) is 9.50. The molecule has 0 radical (unpaired) electrons. The molecule has 1 aromatic rings. The van der Waals surface area contributed by atoms with Crippen molar-refractivity contribution in [3.8, 4) is 0 Å². The second kappa shape index (κ2) is 6.79. The monoisotopic (exact) mass is 329 g/mol. The van der Waals surface area contributed by atoms with E-state index in [0.29, 0.717) is 5.91 Å². The molecule has 4 atom stereocenters. The van der Waals surface area contributed by atoms with E-state index >= 15 is 0 Å². The Kier molecular flexibility index (Phi) is 4.53. The minimum absolute atomic E-state index is 0.0600. The van der Waals surface area contributed by atoms with Crippen LogP contribution in [0.3, 0.4) is 0 Å². The number of amides is 1. The number of aromatic nitrogens is 2. The number of aliphatic hydroxyl groups is 1. The lowest BCUT2D eigenvalue weighted by Crippen LogP contribution is -2.48. The van der Waals surface area contributed by atoms with Crippen molar-refractivity contribution >= 4 is 5.91 Å². The molecule has 4 rings (SSSR count). The van der Waals surface area contributed by atoms with Crippen molar-refractivity contribution in [3.63, 3.8) is 0 Å². The smallest absolute Gasteiger partial charge is 0.226 e. The van der Waals surface area contributed by atoms with E-state index in [2.05, 4.69) is 14.9 Å². The zero-order chi connectivity index (χ0) is 16.5. The topological polar surface area (TPSA) is 66.3 Å². The highest BCUT2D eigenvalue weighted by Gasteiger charge is 2.41. The van der Waals surface area contributed by atoms with Gasteiger partial charge in [0.1, 0.15) is 6.33 Å². The summed E-state index contributed by atoms with van der Waals surface area (Å²) in [5.74, 6) is 0.638. The summed E-state index contributed by atoms with van der Waals surface area (Å²) in [4.78, 5) is 23.7. The van der Waals surface area contributed by atoms with E-state index in [1.54, 1.807) is 6.33 Å². The number of carbonyl (C=O) groups excluding carboxylic acids is 1. The van der Waals surface area contributed by atoms with Crippen molar-refractivity contribution in [1.82, 2.24) is 14.9 Å². The fourth-order valence-corrected chi connectivity index (χ4v) is 5.00. The summed E-state index contributed by atoms with van der Waals surface area (Å²) in [5, 5.41) is 10.4. The van der Waals surface area contributed by atoms with E-state index in [1.807, 2.05) is 6.20 Å². The standard InChI is InChI=1S/C19H27N3O2/c23-18-6-2-1-4-15(18)17-5-3-9-22(17)19(24)13-7-8-16-14(10-13)11-20-12-21-16/h11-13,15,17-18,23H,1-10H2. The lowest BCUT2D eigenvalue weighted by molar-refractivity contribution is -0.139. The highest BCUT2D eigenvalue weighted by molar-refractivity contribution is 5.80. The van der Waals surface area contributed by atoms with Crippen molar-refractivity contribution in [2.75, 3.05) is 6.54 Å². The van der Waals surface area contributed by atoms with Gasteiger partial charge in [0, 0.05) is 36.3 Å². The summed E-state index contributed by atoms with van der Waals surface area (Å²) in [5.41, 5.74) is 2.24. The Hall–Kier alpha value is -1.49. The maximum Gasteiger partial charge on any atom is 0.226 e. The Bertz CT molecular complexity index is 606. The zero-order valence-electron chi connectivity index (χ0n) is 14.2. The number of carbonyl (C=O) groups is 1. The van der Waals surface area contributed by atoms with Crippen LogP contribution < -0.4 is 0 Å². The minimum Gasteiger partial charge on any atom is -0.393 e. The number of likely N-dealkylation sites (tertiary alicyclic amines) is 1.